The van der Waals surface area contributed by atoms with E-state index in [4.69, 9.17) is 37.4 Å². The van der Waals surface area contributed by atoms with E-state index >= 15 is 0 Å². The van der Waals surface area contributed by atoms with Crippen molar-refractivity contribution in [3.05, 3.63) is 69.7 Å². The minimum absolute atomic E-state index is 0.0511. The predicted octanol–water partition coefficient (Wildman–Crippen LogP) is 3.87. The number of carbonyl (C=O) groups is 2. The van der Waals surface area contributed by atoms with E-state index in [0.29, 0.717) is 21.2 Å². The molecule has 8 heteroatoms. The summed E-state index contributed by atoms with van der Waals surface area (Å²) in [6, 6.07) is 12.4. The lowest BCUT2D eigenvalue weighted by molar-refractivity contribution is -0.185. The minimum Gasteiger partial charge on any atom is -0.459 e. The Kier molecular flexibility index (Phi) is 6.25. The Hall–Kier alpha value is -2.12. The molecule has 0 aromatic heterocycles. The van der Waals surface area contributed by atoms with E-state index in [0.717, 1.165) is 0 Å². The van der Waals surface area contributed by atoms with Gasteiger partial charge in [0.1, 0.15) is 18.8 Å². The first-order valence-corrected chi connectivity index (χ1v) is 9.28. The molecule has 28 heavy (non-hydrogen) atoms. The van der Waals surface area contributed by atoms with Crippen LogP contribution in [0.5, 0.6) is 0 Å². The van der Waals surface area contributed by atoms with Crippen LogP contribution in [0.25, 0.3) is 0 Å². The number of esters is 2. The zero-order valence-electron chi connectivity index (χ0n) is 14.9. The molecule has 1 aliphatic heterocycles. The molecule has 0 radical (unpaired) electrons. The summed E-state index contributed by atoms with van der Waals surface area (Å²) < 4.78 is 16.2. The molecule has 6 nitrogen and oxygen atoms in total. The van der Waals surface area contributed by atoms with Crippen molar-refractivity contribution in [3.8, 4) is 0 Å². The average molecular weight is 425 g/mol. The molecule has 2 aromatic carbocycles. The minimum atomic E-state index is -1.50. The molecule has 2 aromatic rings. The smallest absolute Gasteiger partial charge is 0.338 e. The van der Waals surface area contributed by atoms with Gasteiger partial charge in [-0.25, -0.2) is 9.59 Å². The third-order valence-corrected chi connectivity index (χ3v) is 4.70. The summed E-state index contributed by atoms with van der Waals surface area (Å²) in [5, 5.41) is 11.2. The van der Waals surface area contributed by atoms with Crippen molar-refractivity contribution in [1.82, 2.24) is 0 Å². The molecular formula is C20H18Cl2O6. The van der Waals surface area contributed by atoms with E-state index in [1.54, 1.807) is 24.3 Å². The van der Waals surface area contributed by atoms with Crippen LogP contribution < -0.4 is 0 Å². The van der Waals surface area contributed by atoms with Crippen LogP contribution in [0.15, 0.2) is 48.5 Å². The van der Waals surface area contributed by atoms with Crippen LogP contribution >= 0.6 is 23.2 Å². The molecule has 0 bridgehead atoms. The van der Waals surface area contributed by atoms with Gasteiger partial charge >= 0.3 is 11.9 Å². The second-order valence-electron chi connectivity index (χ2n) is 6.59. The van der Waals surface area contributed by atoms with Crippen LogP contribution in [-0.2, 0) is 14.2 Å². The average Bonchev–Trinajstić information content (AvgIpc) is 2.94. The third-order valence-electron chi connectivity index (χ3n) is 4.20. The quantitative estimate of drug-likeness (QED) is 0.733. The Balaban J connectivity index is 1.63. The van der Waals surface area contributed by atoms with Crippen molar-refractivity contribution in [2.75, 3.05) is 6.61 Å². The largest absolute Gasteiger partial charge is 0.459 e. The molecule has 1 N–H and O–H groups in total. The van der Waals surface area contributed by atoms with Crippen LogP contribution in [0.1, 0.15) is 34.1 Å². The van der Waals surface area contributed by atoms with Gasteiger partial charge in [0.15, 0.2) is 5.79 Å². The normalized spacial score (nSPS) is 24.0. The summed E-state index contributed by atoms with van der Waals surface area (Å²) >= 11 is 11.6. The molecule has 3 rings (SSSR count). The van der Waals surface area contributed by atoms with E-state index in [1.165, 1.54) is 31.2 Å². The van der Waals surface area contributed by atoms with E-state index in [1.807, 2.05) is 0 Å². The lowest BCUT2D eigenvalue weighted by Gasteiger charge is -2.19. The van der Waals surface area contributed by atoms with Gasteiger partial charge in [-0.15, -0.1) is 0 Å². The Morgan fingerprint density at radius 1 is 1.04 bits per heavy atom. The van der Waals surface area contributed by atoms with Crippen molar-refractivity contribution in [1.29, 1.82) is 0 Å². The molecule has 1 saturated heterocycles. The molecule has 0 amide bonds. The maximum absolute atomic E-state index is 12.3. The maximum atomic E-state index is 12.3. The Morgan fingerprint density at radius 3 is 2.07 bits per heavy atom. The summed E-state index contributed by atoms with van der Waals surface area (Å²) in [7, 11) is 0. The van der Waals surface area contributed by atoms with Gasteiger partial charge in [0, 0.05) is 16.5 Å². The molecule has 3 atom stereocenters. The monoisotopic (exact) mass is 424 g/mol. The zero-order valence-corrected chi connectivity index (χ0v) is 16.4. The summed E-state index contributed by atoms with van der Waals surface area (Å²) in [6.45, 7) is 1.27. The van der Waals surface area contributed by atoms with Crippen molar-refractivity contribution < 1.29 is 28.9 Å². The first kappa shape index (κ1) is 20.6. The van der Waals surface area contributed by atoms with Crippen molar-refractivity contribution in [2.24, 2.45) is 0 Å². The highest BCUT2D eigenvalue weighted by molar-refractivity contribution is 6.30. The molecule has 148 valence electrons. The first-order valence-electron chi connectivity index (χ1n) is 8.53. The lowest BCUT2D eigenvalue weighted by atomic mass is 10.1. The van der Waals surface area contributed by atoms with E-state index < -0.39 is 29.9 Å². The van der Waals surface area contributed by atoms with Gasteiger partial charge in [0.2, 0.25) is 0 Å². The van der Waals surface area contributed by atoms with Gasteiger partial charge in [-0.1, -0.05) is 23.2 Å². The van der Waals surface area contributed by atoms with Crippen LogP contribution in [0.4, 0.5) is 0 Å². The van der Waals surface area contributed by atoms with Gasteiger partial charge in [-0.3, -0.25) is 0 Å². The maximum Gasteiger partial charge on any atom is 0.338 e. The summed E-state index contributed by atoms with van der Waals surface area (Å²) in [5.74, 6) is -2.66. The second-order valence-corrected chi connectivity index (χ2v) is 7.46. The van der Waals surface area contributed by atoms with Crippen LogP contribution in [0.2, 0.25) is 10.0 Å². The van der Waals surface area contributed by atoms with E-state index in [-0.39, 0.29) is 13.0 Å². The molecule has 1 heterocycles. The highest BCUT2D eigenvalue weighted by Crippen LogP contribution is 2.31. The molecule has 1 aliphatic rings. The fourth-order valence-corrected chi connectivity index (χ4v) is 3.08. The second kappa shape index (κ2) is 8.49. The van der Waals surface area contributed by atoms with Crippen LogP contribution in [-0.4, -0.2) is 41.6 Å². The Labute approximate surface area is 171 Å². The Bertz CT molecular complexity index is 848. The van der Waals surface area contributed by atoms with Gasteiger partial charge in [-0.05, 0) is 55.5 Å². The topological polar surface area (TPSA) is 82.1 Å². The Morgan fingerprint density at radius 2 is 1.54 bits per heavy atom. The number of ether oxygens (including phenoxy) is 3. The number of rotatable bonds is 5. The van der Waals surface area contributed by atoms with Crippen molar-refractivity contribution in [3.63, 3.8) is 0 Å². The summed E-state index contributed by atoms with van der Waals surface area (Å²) in [6.07, 6.45) is -1.53. The number of benzene rings is 2. The molecular weight excluding hydrogens is 407 g/mol. The van der Waals surface area contributed by atoms with Gasteiger partial charge in [0.05, 0.1) is 11.1 Å². The zero-order chi connectivity index (χ0) is 20.3. The fraction of sp³-hybridized carbons (Fsp3) is 0.300. The van der Waals surface area contributed by atoms with Gasteiger partial charge in [0.25, 0.3) is 0 Å². The van der Waals surface area contributed by atoms with E-state index in [2.05, 4.69) is 0 Å². The standard InChI is InChI=1S/C20H18Cl2O6/c1-20(25)10-16(27-19(24)13-4-8-15(22)9-5-13)17(28-20)11-26-18(23)12-2-6-14(21)7-3-12/h2-9,16-17,25H,10-11H2,1H3/t16-,17+,20-/m0/s1. The van der Waals surface area contributed by atoms with Gasteiger partial charge < -0.3 is 19.3 Å². The highest BCUT2D eigenvalue weighted by Gasteiger charge is 2.45. The molecule has 0 saturated carbocycles. The fourth-order valence-electron chi connectivity index (χ4n) is 2.83. The molecule has 0 aliphatic carbocycles. The van der Waals surface area contributed by atoms with E-state index in [9.17, 15) is 14.7 Å². The first-order chi connectivity index (χ1) is 13.2. The summed E-state index contributed by atoms with van der Waals surface area (Å²) in [5.41, 5.74) is 0.636. The van der Waals surface area contributed by atoms with Crippen LogP contribution in [0.3, 0.4) is 0 Å². The summed E-state index contributed by atoms with van der Waals surface area (Å²) in [4.78, 5) is 24.5. The number of hydrogen-bond donors (Lipinski definition) is 1. The van der Waals surface area contributed by atoms with Gasteiger partial charge in [-0.2, -0.15) is 0 Å². The number of carbonyl (C=O) groups excluding carboxylic acids is 2. The molecule has 1 fully saturated rings. The molecule has 0 spiro atoms. The number of hydrogen-bond acceptors (Lipinski definition) is 6. The van der Waals surface area contributed by atoms with Crippen molar-refractivity contribution in [2.45, 2.75) is 31.3 Å². The SMILES string of the molecule is C[C@@]1(O)C[C@H](OC(=O)c2ccc(Cl)cc2)[C@@H](COC(=O)c2ccc(Cl)cc2)O1. The predicted molar refractivity (Wildman–Crippen MR) is 103 cm³/mol. The lowest BCUT2D eigenvalue weighted by Crippen LogP contribution is -2.32. The number of aliphatic hydroxyl groups is 1. The number of halogens is 2. The third kappa shape index (κ3) is 5.23. The molecule has 0 unspecified atom stereocenters. The van der Waals surface area contributed by atoms with Crippen molar-refractivity contribution >= 4 is 35.1 Å². The highest BCUT2D eigenvalue weighted by atomic mass is 35.5. The van der Waals surface area contributed by atoms with Crippen LogP contribution in [0, 0.1) is 0 Å².